The zero-order chi connectivity index (χ0) is 13.7. The molecule has 4 nitrogen and oxygen atoms in total. The van der Waals surface area contributed by atoms with Gasteiger partial charge in [0.15, 0.2) is 5.82 Å². The smallest absolute Gasteiger partial charge is 0.226 e. The molecule has 0 bridgehead atoms. The van der Waals surface area contributed by atoms with E-state index in [9.17, 15) is 0 Å². The van der Waals surface area contributed by atoms with Crippen LogP contribution in [0.5, 0.6) is 0 Å². The molecule has 19 heavy (non-hydrogen) atoms. The van der Waals surface area contributed by atoms with Gasteiger partial charge in [-0.1, -0.05) is 31.8 Å². The predicted octanol–water partition coefficient (Wildman–Crippen LogP) is 3.28. The Balaban J connectivity index is 1.86. The van der Waals surface area contributed by atoms with Crippen LogP contribution < -0.4 is 5.73 Å². The molecule has 1 aliphatic rings. The van der Waals surface area contributed by atoms with E-state index in [1.165, 1.54) is 38.5 Å². The standard InChI is InChI=1S/C15H27N3O/c1-3-4-12-5-7-13(8-6-12)15-17-14(19-18-15)9-11(2)10-16/h11-13H,3-10,16H2,1-2H3. The molecule has 0 amide bonds. The van der Waals surface area contributed by atoms with Crippen LogP contribution in [0.1, 0.15) is 70.0 Å². The van der Waals surface area contributed by atoms with Gasteiger partial charge in [-0.05, 0) is 44.1 Å². The first-order valence-electron chi connectivity index (χ1n) is 7.75. The van der Waals surface area contributed by atoms with Crippen LogP contribution >= 0.6 is 0 Å². The highest BCUT2D eigenvalue weighted by atomic mass is 16.5. The Hall–Kier alpha value is -0.900. The van der Waals surface area contributed by atoms with E-state index < -0.39 is 0 Å². The molecule has 2 rings (SSSR count). The minimum Gasteiger partial charge on any atom is -0.339 e. The monoisotopic (exact) mass is 265 g/mol. The summed E-state index contributed by atoms with van der Waals surface area (Å²) in [7, 11) is 0. The fraction of sp³-hybridized carbons (Fsp3) is 0.867. The zero-order valence-corrected chi connectivity index (χ0v) is 12.3. The molecule has 4 heteroatoms. The molecule has 1 heterocycles. The van der Waals surface area contributed by atoms with Crippen LogP contribution in [0.25, 0.3) is 0 Å². The van der Waals surface area contributed by atoms with E-state index >= 15 is 0 Å². The lowest BCUT2D eigenvalue weighted by molar-refractivity contribution is 0.294. The van der Waals surface area contributed by atoms with Crippen LogP contribution in [0.3, 0.4) is 0 Å². The first kappa shape index (κ1) is 14.5. The van der Waals surface area contributed by atoms with Crippen molar-refractivity contribution in [3.63, 3.8) is 0 Å². The van der Waals surface area contributed by atoms with E-state index in [-0.39, 0.29) is 0 Å². The van der Waals surface area contributed by atoms with Crippen LogP contribution in [0.2, 0.25) is 0 Å². The Bertz CT molecular complexity index is 369. The zero-order valence-electron chi connectivity index (χ0n) is 12.3. The van der Waals surface area contributed by atoms with Crippen LogP contribution in [0.15, 0.2) is 4.52 Å². The summed E-state index contributed by atoms with van der Waals surface area (Å²) in [6.45, 7) is 5.05. The van der Waals surface area contributed by atoms with Gasteiger partial charge in [0.05, 0.1) is 0 Å². The van der Waals surface area contributed by atoms with E-state index in [1.54, 1.807) is 0 Å². The molecule has 1 fully saturated rings. The summed E-state index contributed by atoms with van der Waals surface area (Å²) in [5.41, 5.74) is 5.62. The van der Waals surface area contributed by atoms with Crippen molar-refractivity contribution in [3.05, 3.63) is 11.7 Å². The molecule has 1 aromatic heterocycles. The highest BCUT2D eigenvalue weighted by molar-refractivity contribution is 4.98. The van der Waals surface area contributed by atoms with Gasteiger partial charge in [0.25, 0.3) is 0 Å². The van der Waals surface area contributed by atoms with Crippen molar-refractivity contribution < 1.29 is 4.52 Å². The Morgan fingerprint density at radius 1 is 1.32 bits per heavy atom. The number of hydrogen-bond acceptors (Lipinski definition) is 4. The van der Waals surface area contributed by atoms with Gasteiger partial charge in [-0.2, -0.15) is 4.98 Å². The summed E-state index contributed by atoms with van der Waals surface area (Å²) >= 11 is 0. The summed E-state index contributed by atoms with van der Waals surface area (Å²) in [6, 6.07) is 0. The Kier molecular flexibility index (Phi) is 5.37. The van der Waals surface area contributed by atoms with Crippen LogP contribution in [-0.4, -0.2) is 16.7 Å². The van der Waals surface area contributed by atoms with Gasteiger partial charge in [-0.15, -0.1) is 0 Å². The van der Waals surface area contributed by atoms with Gasteiger partial charge in [-0.3, -0.25) is 0 Å². The number of hydrogen-bond donors (Lipinski definition) is 1. The van der Waals surface area contributed by atoms with Gasteiger partial charge in [-0.25, -0.2) is 0 Å². The molecule has 2 N–H and O–H groups in total. The molecule has 108 valence electrons. The molecule has 0 aromatic carbocycles. The third-order valence-corrected chi connectivity index (χ3v) is 4.32. The Labute approximate surface area is 116 Å². The summed E-state index contributed by atoms with van der Waals surface area (Å²) in [5, 5.41) is 4.17. The van der Waals surface area contributed by atoms with Gasteiger partial charge >= 0.3 is 0 Å². The number of nitrogens with zero attached hydrogens (tertiary/aromatic N) is 2. The van der Waals surface area contributed by atoms with Gasteiger partial charge in [0.2, 0.25) is 5.89 Å². The van der Waals surface area contributed by atoms with Crippen molar-refractivity contribution in [1.29, 1.82) is 0 Å². The van der Waals surface area contributed by atoms with Crippen molar-refractivity contribution in [3.8, 4) is 0 Å². The summed E-state index contributed by atoms with van der Waals surface area (Å²) in [6.07, 6.45) is 8.56. The van der Waals surface area contributed by atoms with E-state index in [1.807, 2.05) is 0 Å². The minimum atomic E-state index is 0.411. The molecule has 1 unspecified atom stereocenters. The quantitative estimate of drug-likeness (QED) is 0.857. The van der Waals surface area contributed by atoms with E-state index in [0.29, 0.717) is 18.4 Å². The fourth-order valence-corrected chi connectivity index (χ4v) is 3.02. The number of aromatic nitrogens is 2. The lowest BCUT2D eigenvalue weighted by Crippen LogP contribution is -2.15. The SMILES string of the molecule is CCCC1CCC(c2noc(CC(C)CN)n2)CC1. The van der Waals surface area contributed by atoms with Crippen LogP contribution in [-0.2, 0) is 6.42 Å². The minimum absolute atomic E-state index is 0.411. The van der Waals surface area contributed by atoms with Crippen LogP contribution in [0, 0.1) is 11.8 Å². The molecular formula is C15H27N3O. The summed E-state index contributed by atoms with van der Waals surface area (Å²) in [5.74, 6) is 3.52. The Morgan fingerprint density at radius 2 is 2.05 bits per heavy atom. The van der Waals surface area contributed by atoms with Gasteiger partial charge in [0.1, 0.15) is 0 Å². The highest BCUT2D eigenvalue weighted by Gasteiger charge is 2.25. The first-order chi connectivity index (χ1) is 9.22. The summed E-state index contributed by atoms with van der Waals surface area (Å²) < 4.78 is 5.35. The third-order valence-electron chi connectivity index (χ3n) is 4.32. The van der Waals surface area contributed by atoms with Crippen LogP contribution in [0.4, 0.5) is 0 Å². The summed E-state index contributed by atoms with van der Waals surface area (Å²) in [4.78, 5) is 4.56. The average molecular weight is 265 g/mol. The van der Waals surface area contributed by atoms with Crippen molar-refractivity contribution in [1.82, 2.24) is 10.1 Å². The molecule has 0 radical (unpaired) electrons. The molecule has 0 spiro atoms. The fourth-order valence-electron chi connectivity index (χ4n) is 3.02. The molecule has 0 aliphatic heterocycles. The van der Waals surface area contributed by atoms with E-state index in [0.717, 1.165) is 24.1 Å². The maximum Gasteiger partial charge on any atom is 0.226 e. The van der Waals surface area contributed by atoms with Crippen molar-refractivity contribution >= 4 is 0 Å². The van der Waals surface area contributed by atoms with Gasteiger partial charge in [0, 0.05) is 12.3 Å². The molecule has 1 aliphatic carbocycles. The molecule has 0 saturated heterocycles. The van der Waals surface area contributed by atoms with Crippen molar-refractivity contribution in [2.24, 2.45) is 17.6 Å². The maximum absolute atomic E-state index is 5.62. The molecule has 1 saturated carbocycles. The second kappa shape index (κ2) is 7.04. The maximum atomic E-state index is 5.62. The average Bonchev–Trinajstić information content (AvgIpc) is 2.88. The number of rotatable bonds is 6. The molecule has 1 aromatic rings. The lowest BCUT2D eigenvalue weighted by atomic mass is 9.80. The largest absolute Gasteiger partial charge is 0.339 e. The molecular weight excluding hydrogens is 238 g/mol. The van der Waals surface area contributed by atoms with Crippen molar-refractivity contribution in [2.45, 2.75) is 64.7 Å². The first-order valence-corrected chi connectivity index (χ1v) is 7.75. The molecule has 1 atom stereocenters. The third kappa shape index (κ3) is 4.03. The van der Waals surface area contributed by atoms with E-state index in [4.69, 9.17) is 10.3 Å². The second-order valence-electron chi connectivity index (χ2n) is 6.10. The van der Waals surface area contributed by atoms with E-state index in [2.05, 4.69) is 24.0 Å². The highest BCUT2D eigenvalue weighted by Crippen LogP contribution is 2.36. The van der Waals surface area contributed by atoms with Gasteiger partial charge < -0.3 is 10.3 Å². The second-order valence-corrected chi connectivity index (χ2v) is 6.10. The number of nitrogens with two attached hydrogens (primary N) is 1. The topological polar surface area (TPSA) is 64.9 Å². The Morgan fingerprint density at radius 3 is 2.68 bits per heavy atom. The normalized spacial score (nSPS) is 25.4. The predicted molar refractivity (Wildman–Crippen MR) is 75.8 cm³/mol. The lowest BCUT2D eigenvalue weighted by Gasteiger charge is -2.26. The van der Waals surface area contributed by atoms with Crippen molar-refractivity contribution in [2.75, 3.05) is 6.54 Å².